The summed E-state index contributed by atoms with van der Waals surface area (Å²) in [6.45, 7) is 0. The molecule has 0 atom stereocenters. The molecule has 33 heavy (non-hydrogen) atoms. The van der Waals surface area contributed by atoms with Gasteiger partial charge in [0, 0.05) is 19.3 Å². The molecule has 3 amide bonds. The maximum atomic E-state index is 13.2. The van der Waals surface area contributed by atoms with E-state index in [2.05, 4.69) is 10.3 Å². The van der Waals surface area contributed by atoms with Gasteiger partial charge in [-0.2, -0.15) is 13.2 Å². The van der Waals surface area contributed by atoms with Crippen molar-refractivity contribution in [2.75, 3.05) is 19.1 Å². The number of primary amides is 1. The quantitative estimate of drug-likeness (QED) is 0.564. The van der Waals surface area contributed by atoms with Gasteiger partial charge in [-0.05, 0) is 48.5 Å². The number of carbonyl (C=O) groups excluding carboxylic acids is 2. The molecule has 1 heterocycles. The van der Waals surface area contributed by atoms with Crippen molar-refractivity contribution in [3.05, 3.63) is 72.1 Å². The fraction of sp³-hybridized carbons (Fsp3) is 0.136. The van der Waals surface area contributed by atoms with E-state index in [1.54, 1.807) is 6.07 Å². The van der Waals surface area contributed by atoms with E-state index in [0.717, 1.165) is 23.1 Å². The number of rotatable bonds is 6. The lowest BCUT2D eigenvalue weighted by Crippen LogP contribution is -2.32. The monoisotopic (exact) mass is 460 g/mol. The van der Waals surface area contributed by atoms with Gasteiger partial charge in [0.25, 0.3) is 5.91 Å². The number of nitrogens with zero attached hydrogens (tertiary/aromatic N) is 2. The molecule has 3 N–H and O–H groups in total. The van der Waals surface area contributed by atoms with Crippen LogP contribution >= 0.6 is 0 Å². The van der Waals surface area contributed by atoms with Gasteiger partial charge in [-0.3, -0.25) is 14.7 Å². The molecule has 172 valence electrons. The molecule has 0 aliphatic heterocycles. The number of aromatic nitrogens is 1. The van der Waals surface area contributed by atoms with Gasteiger partial charge in [0.2, 0.25) is 0 Å². The normalized spacial score (nSPS) is 10.9. The van der Waals surface area contributed by atoms with Gasteiger partial charge in [-0.25, -0.2) is 4.79 Å². The number of halogens is 3. The van der Waals surface area contributed by atoms with Crippen LogP contribution in [0.2, 0.25) is 0 Å². The predicted molar refractivity (Wildman–Crippen MR) is 114 cm³/mol. The number of ether oxygens (including phenoxy) is 2. The fourth-order valence-corrected chi connectivity index (χ4v) is 2.95. The number of anilines is 2. The van der Waals surface area contributed by atoms with Crippen LogP contribution in [0.1, 0.15) is 16.1 Å². The van der Waals surface area contributed by atoms with Gasteiger partial charge in [0.1, 0.15) is 22.9 Å². The summed E-state index contributed by atoms with van der Waals surface area (Å²) in [4.78, 5) is 28.7. The highest BCUT2D eigenvalue weighted by Crippen LogP contribution is 2.39. The van der Waals surface area contributed by atoms with E-state index in [0.29, 0.717) is 11.5 Å². The first-order valence-corrected chi connectivity index (χ1v) is 9.45. The van der Waals surface area contributed by atoms with Crippen molar-refractivity contribution in [2.45, 2.75) is 6.18 Å². The third-order valence-electron chi connectivity index (χ3n) is 4.49. The SMILES string of the molecule is CNC(=O)c1cc(Oc2ccc(N(C(N)=O)c3cc(C(F)(F)F)ccc3OC)cc2)ccn1. The number of alkyl halides is 3. The molecule has 0 aliphatic carbocycles. The van der Waals surface area contributed by atoms with Gasteiger partial charge in [0.15, 0.2) is 0 Å². The van der Waals surface area contributed by atoms with Crippen LogP contribution in [0, 0.1) is 0 Å². The van der Waals surface area contributed by atoms with Crippen molar-refractivity contribution in [3.8, 4) is 17.2 Å². The maximum absolute atomic E-state index is 13.2. The third-order valence-corrected chi connectivity index (χ3v) is 4.49. The molecule has 0 fully saturated rings. The Hall–Kier alpha value is -4.28. The highest BCUT2D eigenvalue weighted by Gasteiger charge is 2.32. The van der Waals surface area contributed by atoms with Gasteiger partial charge in [-0.15, -0.1) is 0 Å². The summed E-state index contributed by atoms with van der Waals surface area (Å²) < 4.78 is 50.5. The number of hydrogen-bond donors (Lipinski definition) is 2. The fourth-order valence-electron chi connectivity index (χ4n) is 2.95. The summed E-state index contributed by atoms with van der Waals surface area (Å²) in [6.07, 6.45) is -3.22. The van der Waals surface area contributed by atoms with Crippen molar-refractivity contribution >= 4 is 23.3 Å². The minimum Gasteiger partial charge on any atom is -0.495 e. The molecule has 0 radical (unpaired) electrons. The number of urea groups is 1. The zero-order valence-corrected chi connectivity index (χ0v) is 17.5. The van der Waals surface area contributed by atoms with E-state index in [9.17, 15) is 22.8 Å². The summed E-state index contributed by atoms with van der Waals surface area (Å²) in [5.41, 5.74) is 4.69. The summed E-state index contributed by atoms with van der Waals surface area (Å²) in [5, 5.41) is 2.45. The Kier molecular flexibility index (Phi) is 6.71. The molecule has 0 saturated carbocycles. The van der Waals surface area contributed by atoms with Gasteiger partial charge in [0.05, 0.1) is 24.0 Å². The van der Waals surface area contributed by atoms with Crippen molar-refractivity contribution in [2.24, 2.45) is 5.73 Å². The summed E-state index contributed by atoms with van der Waals surface area (Å²) in [5.74, 6) is 0.319. The largest absolute Gasteiger partial charge is 0.495 e. The number of methoxy groups -OCH3 is 1. The zero-order chi connectivity index (χ0) is 24.2. The second kappa shape index (κ2) is 9.47. The van der Waals surface area contributed by atoms with Crippen LogP contribution in [0.25, 0.3) is 0 Å². The lowest BCUT2D eigenvalue weighted by molar-refractivity contribution is -0.137. The first kappa shape index (κ1) is 23.4. The predicted octanol–water partition coefficient (Wildman–Crippen LogP) is 4.48. The molecule has 0 unspecified atom stereocenters. The van der Waals surface area contributed by atoms with Gasteiger partial charge >= 0.3 is 12.2 Å². The van der Waals surface area contributed by atoms with Gasteiger partial charge < -0.3 is 20.5 Å². The Morgan fingerprint density at radius 1 is 1.03 bits per heavy atom. The highest BCUT2D eigenvalue weighted by atomic mass is 19.4. The molecule has 11 heteroatoms. The van der Waals surface area contributed by atoms with E-state index in [-0.39, 0.29) is 28.7 Å². The van der Waals surface area contributed by atoms with E-state index in [4.69, 9.17) is 15.2 Å². The summed E-state index contributed by atoms with van der Waals surface area (Å²) >= 11 is 0. The van der Waals surface area contributed by atoms with Crippen LogP contribution in [0.3, 0.4) is 0 Å². The standard InChI is InChI=1S/C22H19F3N4O4/c1-27-20(30)17-12-16(9-10-28-17)33-15-6-4-14(5-7-15)29(21(26)31)18-11-13(22(23,24)25)3-8-19(18)32-2/h3-12H,1-2H3,(H2,26,31)(H,27,30). The van der Waals surface area contributed by atoms with Crippen molar-refractivity contribution < 1.29 is 32.2 Å². The van der Waals surface area contributed by atoms with E-state index < -0.39 is 17.8 Å². The molecule has 3 rings (SSSR count). The van der Waals surface area contributed by atoms with Gasteiger partial charge in [-0.1, -0.05) is 0 Å². The minimum absolute atomic E-state index is 0.0284. The van der Waals surface area contributed by atoms with Crippen LogP contribution in [0.15, 0.2) is 60.8 Å². The topological polar surface area (TPSA) is 107 Å². The minimum atomic E-state index is -4.62. The van der Waals surface area contributed by atoms with Crippen LogP contribution in [0.5, 0.6) is 17.2 Å². The number of pyridine rings is 1. The Morgan fingerprint density at radius 2 is 1.73 bits per heavy atom. The first-order valence-electron chi connectivity index (χ1n) is 9.45. The Morgan fingerprint density at radius 3 is 2.30 bits per heavy atom. The molecule has 0 aliphatic rings. The Labute approximate surface area is 186 Å². The number of nitrogens with one attached hydrogen (secondary N) is 1. The molecule has 0 saturated heterocycles. The highest BCUT2D eigenvalue weighted by molar-refractivity contribution is 6.00. The van der Waals surface area contributed by atoms with E-state index >= 15 is 0 Å². The molecule has 0 spiro atoms. The molecular weight excluding hydrogens is 441 g/mol. The van der Waals surface area contributed by atoms with Crippen molar-refractivity contribution in [1.29, 1.82) is 0 Å². The lowest BCUT2D eigenvalue weighted by Gasteiger charge is -2.24. The molecule has 3 aromatic rings. The summed E-state index contributed by atoms with van der Waals surface area (Å²) in [6, 6.07) is 10.6. The molecule has 1 aromatic heterocycles. The third kappa shape index (κ3) is 5.32. The number of carbonyl (C=O) groups is 2. The molecular formula is C22H19F3N4O4. The molecule has 8 nitrogen and oxygen atoms in total. The number of benzene rings is 2. The van der Waals surface area contributed by atoms with Crippen LogP contribution in [0.4, 0.5) is 29.3 Å². The molecule has 2 aromatic carbocycles. The lowest BCUT2D eigenvalue weighted by atomic mass is 10.1. The average Bonchev–Trinajstić information content (AvgIpc) is 2.79. The maximum Gasteiger partial charge on any atom is 0.416 e. The van der Waals surface area contributed by atoms with Crippen LogP contribution < -0.4 is 25.4 Å². The number of nitrogens with two attached hydrogens (primary N) is 1. The van der Waals surface area contributed by atoms with E-state index in [1.807, 2.05) is 0 Å². The van der Waals surface area contributed by atoms with Crippen molar-refractivity contribution in [1.82, 2.24) is 10.3 Å². The van der Waals surface area contributed by atoms with Crippen LogP contribution in [-0.2, 0) is 6.18 Å². The Balaban J connectivity index is 1.93. The van der Waals surface area contributed by atoms with Crippen molar-refractivity contribution in [3.63, 3.8) is 0 Å². The second-order valence-electron chi connectivity index (χ2n) is 6.61. The molecule has 0 bridgehead atoms. The Bertz CT molecular complexity index is 1170. The van der Waals surface area contributed by atoms with E-state index in [1.165, 1.54) is 50.7 Å². The average molecular weight is 460 g/mol. The second-order valence-corrected chi connectivity index (χ2v) is 6.61. The van der Waals surface area contributed by atoms with Crippen LogP contribution in [-0.4, -0.2) is 31.1 Å². The summed E-state index contributed by atoms with van der Waals surface area (Å²) in [7, 11) is 2.74. The zero-order valence-electron chi connectivity index (χ0n) is 17.5. The number of hydrogen-bond acceptors (Lipinski definition) is 5. The smallest absolute Gasteiger partial charge is 0.416 e. The first-order chi connectivity index (χ1) is 15.6. The number of amides is 3.